The van der Waals surface area contributed by atoms with Crippen LogP contribution in [0.3, 0.4) is 0 Å². The van der Waals surface area contributed by atoms with Crippen molar-refractivity contribution in [3.05, 3.63) is 53.6 Å². The highest BCUT2D eigenvalue weighted by molar-refractivity contribution is 5.92. The van der Waals surface area contributed by atoms with Gasteiger partial charge in [0.1, 0.15) is 22.8 Å². The Morgan fingerprint density at radius 1 is 1.17 bits per heavy atom. The maximum absolute atomic E-state index is 11.9. The zero-order valence-corrected chi connectivity index (χ0v) is 13.0. The molecule has 2 rings (SSSR count). The molecule has 0 bridgehead atoms. The van der Waals surface area contributed by atoms with E-state index >= 15 is 0 Å². The van der Waals surface area contributed by atoms with Gasteiger partial charge in [-0.25, -0.2) is 4.79 Å². The van der Waals surface area contributed by atoms with Gasteiger partial charge in [0.15, 0.2) is 0 Å². The lowest BCUT2D eigenvalue weighted by atomic mass is 10.1. The molecule has 0 heterocycles. The molecule has 2 aromatic rings. The number of phenols is 1. The minimum absolute atomic E-state index is 0.0740. The summed E-state index contributed by atoms with van der Waals surface area (Å²) >= 11 is 0. The fourth-order valence-electron chi connectivity index (χ4n) is 2.15. The number of carbonyl (C=O) groups excluding carboxylic acids is 1. The normalized spacial score (nSPS) is 10.3. The lowest BCUT2D eigenvalue weighted by molar-refractivity contribution is 0.0523. The number of benzene rings is 2. The summed E-state index contributed by atoms with van der Waals surface area (Å²) in [5.74, 6) is 0.442. The summed E-state index contributed by atoms with van der Waals surface area (Å²) in [6.07, 6.45) is 1.17. The first-order chi connectivity index (χ1) is 11.2. The fraction of sp³-hybridized carbons (Fsp3) is 0.278. The van der Waals surface area contributed by atoms with Crippen LogP contribution in [0.15, 0.2) is 42.5 Å². The van der Waals surface area contributed by atoms with Crippen LogP contribution in [-0.4, -0.2) is 29.4 Å². The van der Waals surface area contributed by atoms with Gasteiger partial charge in [0.2, 0.25) is 0 Å². The van der Waals surface area contributed by atoms with Gasteiger partial charge in [0, 0.05) is 12.7 Å². The van der Waals surface area contributed by atoms with Gasteiger partial charge in [-0.3, -0.25) is 0 Å². The number of esters is 1. The number of rotatable bonds is 7. The SMILES string of the molecule is CCOC(=O)c1ccccc1Oc1ccc(CCCO)c(O)c1. The molecule has 0 saturated heterocycles. The topological polar surface area (TPSA) is 76.0 Å². The van der Waals surface area contributed by atoms with Crippen molar-refractivity contribution in [3.63, 3.8) is 0 Å². The number of carbonyl (C=O) groups is 1. The number of hydrogen-bond donors (Lipinski definition) is 2. The van der Waals surface area contributed by atoms with Crippen LogP contribution in [0, 0.1) is 0 Å². The van der Waals surface area contributed by atoms with Crippen molar-refractivity contribution in [2.75, 3.05) is 13.2 Å². The molecule has 0 unspecified atom stereocenters. The minimum atomic E-state index is -0.452. The first-order valence-electron chi connectivity index (χ1n) is 7.52. The van der Waals surface area contributed by atoms with E-state index in [9.17, 15) is 9.90 Å². The van der Waals surface area contributed by atoms with Gasteiger partial charge in [0.25, 0.3) is 0 Å². The van der Waals surface area contributed by atoms with Crippen molar-refractivity contribution in [1.29, 1.82) is 0 Å². The number of aryl methyl sites for hydroxylation is 1. The van der Waals surface area contributed by atoms with Crippen LogP contribution in [0.2, 0.25) is 0 Å². The van der Waals surface area contributed by atoms with E-state index in [1.165, 1.54) is 6.07 Å². The van der Waals surface area contributed by atoms with Crippen LogP contribution in [-0.2, 0) is 11.2 Å². The predicted molar refractivity (Wildman–Crippen MR) is 86.0 cm³/mol. The fourth-order valence-corrected chi connectivity index (χ4v) is 2.15. The average Bonchev–Trinajstić information content (AvgIpc) is 2.55. The van der Waals surface area contributed by atoms with E-state index in [-0.39, 0.29) is 19.0 Å². The van der Waals surface area contributed by atoms with E-state index in [1.807, 2.05) is 0 Å². The highest BCUT2D eigenvalue weighted by Crippen LogP contribution is 2.30. The van der Waals surface area contributed by atoms with E-state index in [2.05, 4.69) is 0 Å². The Hall–Kier alpha value is -2.53. The summed E-state index contributed by atoms with van der Waals surface area (Å²) in [7, 11) is 0. The van der Waals surface area contributed by atoms with Gasteiger partial charge in [0.05, 0.1) is 6.61 Å². The monoisotopic (exact) mass is 316 g/mol. The maximum atomic E-state index is 11.9. The van der Waals surface area contributed by atoms with Crippen LogP contribution in [0.1, 0.15) is 29.3 Å². The lowest BCUT2D eigenvalue weighted by Gasteiger charge is -2.12. The van der Waals surface area contributed by atoms with Crippen LogP contribution >= 0.6 is 0 Å². The molecule has 2 N–H and O–H groups in total. The number of hydrogen-bond acceptors (Lipinski definition) is 5. The molecule has 0 aliphatic rings. The third kappa shape index (κ3) is 4.47. The lowest BCUT2D eigenvalue weighted by Crippen LogP contribution is -2.06. The highest BCUT2D eigenvalue weighted by Gasteiger charge is 2.14. The third-order valence-corrected chi connectivity index (χ3v) is 3.27. The molecule has 122 valence electrons. The average molecular weight is 316 g/mol. The van der Waals surface area contributed by atoms with Gasteiger partial charge < -0.3 is 19.7 Å². The Labute approximate surface area is 135 Å². The van der Waals surface area contributed by atoms with E-state index in [0.29, 0.717) is 29.9 Å². The highest BCUT2D eigenvalue weighted by atomic mass is 16.5. The van der Waals surface area contributed by atoms with Crippen molar-refractivity contribution >= 4 is 5.97 Å². The molecule has 0 atom stereocenters. The van der Waals surface area contributed by atoms with Crippen LogP contribution in [0.4, 0.5) is 0 Å². The quantitative estimate of drug-likeness (QED) is 0.767. The second-order valence-corrected chi connectivity index (χ2v) is 4.94. The molecular weight excluding hydrogens is 296 g/mol. The smallest absolute Gasteiger partial charge is 0.341 e. The molecule has 5 heteroatoms. The molecule has 0 aromatic heterocycles. The number of ether oxygens (including phenoxy) is 2. The van der Waals surface area contributed by atoms with Crippen LogP contribution < -0.4 is 4.74 Å². The van der Waals surface area contributed by atoms with Crippen LogP contribution in [0.5, 0.6) is 17.2 Å². The molecular formula is C18H20O5. The molecule has 0 aliphatic heterocycles. The van der Waals surface area contributed by atoms with Gasteiger partial charge in [-0.05, 0) is 43.5 Å². The standard InChI is InChI=1S/C18H20O5/c1-2-22-18(21)15-7-3-4-8-17(15)23-14-10-9-13(6-5-11-19)16(20)12-14/h3-4,7-10,12,19-20H,2,5-6,11H2,1H3. The van der Waals surface area contributed by atoms with Crippen molar-refractivity contribution < 1.29 is 24.5 Å². The molecule has 0 radical (unpaired) electrons. The first kappa shape index (κ1) is 16.8. The molecule has 23 heavy (non-hydrogen) atoms. The first-order valence-corrected chi connectivity index (χ1v) is 7.52. The number of aliphatic hydroxyl groups excluding tert-OH is 1. The molecule has 0 amide bonds. The Balaban J connectivity index is 2.19. The van der Waals surface area contributed by atoms with Gasteiger partial charge in [-0.1, -0.05) is 18.2 Å². The molecule has 0 fully saturated rings. The second kappa shape index (κ2) is 8.19. The Bertz CT molecular complexity index is 666. The van der Waals surface area contributed by atoms with E-state index in [4.69, 9.17) is 14.6 Å². The molecule has 0 saturated carbocycles. The minimum Gasteiger partial charge on any atom is -0.508 e. The summed E-state index contributed by atoms with van der Waals surface area (Å²) in [5, 5.41) is 18.8. The van der Waals surface area contributed by atoms with Crippen molar-refractivity contribution in [2.45, 2.75) is 19.8 Å². The zero-order chi connectivity index (χ0) is 16.7. The molecule has 2 aromatic carbocycles. The van der Waals surface area contributed by atoms with Gasteiger partial charge in [-0.15, -0.1) is 0 Å². The Kier molecular flexibility index (Phi) is 6.00. The third-order valence-electron chi connectivity index (χ3n) is 3.27. The molecule has 0 spiro atoms. The summed E-state index contributed by atoms with van der Waals surface area (Å²) in [6, 6.07) is 11.7. The van der Waals surface area contributed by atoms with E-state index in [1.54, 1.807) is 43.3 Å². The largest absolute Gasteiger partial charge is 0.508 e. The van der Waals surface area contributed by atoms with E-state index < -0.39 is 5.97 Å². The molecule has 0 aliphatic carbocycles. The molecule has 5 nitrogen and oxygen atoms in total. The van der Waals surface area contributed by atoms with Crippen LogP contribution in [0.25, 0.3) is 0 Å². The number of para-hydroxylation sites is 1. The maximum Gasteiger partial charge on any atom is 0.341 e. The van der Waals surface area contributed by atoms with E-state index in [0.717, 1.165) is 5.56 Å². The number of phenolic OH excluding ortho intramolecular Hbond substituents is 1. The van der Waals surface area contributed by atoms with Gasteiger partial charge >= 0.3 is 5.97 Å². The van der Waals surface area contributed by atoms with Crippen molar-refractivity contribution in [3.8, 4) is 17.2 Å². The predicted octanol–water partition coefficient (Wildman–Crippen LogP) is 3.29. The summed E-state index contributed by atoms with van der Waals surface area (Å²) in [4.78, 5) is 11.9. The Morgan fingerprint density at radius 2 is 1.96 bits per heavy atom. The summed E-state index contributed by atoms with van der Waals surface area (Å²) in [5.41, 5.74) is 1.07. The number of aromatic hydroxyl groups is 1. The van der Waals surface area contributed by atoms with Crippen molar-refractivity contribution in [1.82, 2.24) is 0 Å². The second-order valence-electron chi connectivity index (χ2n) is 4.94. The van der Waals surface area contributed by atoms with Crippen molar-refractivity contribution in [2.24, 2.45) is 0 Å². The number of aliphatic hydroxyl groups is 1. The Morgan fingerprint density at radius 3 is 2.65 bits per heavy atom. The summed E-state index contributed by atoms with van der Waals surface area (Å²) < 4.78 is 10.7. The van der Waals surface area contributed by atoms with Gasteiger partial charge in [-0.2, -0.15) is 0 Å². The zero-order valence-electron chi connectivity index (χ0n) is 13.0. The summed E-state index contributed by atoms with van der Waals surface area (Å²) in [6.45, 7) is 2.10.